The van der Waals surface area contributed by atoms with E-state index in [1.165, 1.54) is 18.3 Å². The molecule has 1 N–H and O–H groups in total. The van der Waals surface area contributed by atoms with Crippen LogP contribution in [-0.2, 0) is 16.6 Å². The van der Waals surface area contributed by atoms with Gasteiger partial charge in [-0.05, 0) is 36.4 Å². The van der Waals surface area contributed by atoms with Gasteiger partial charge in [-0.3, -0.25) is 0 Å². The summed E-state index contributed by atoms with van der Waals surface area (Å²) in [4.78, 5) is 7.90. The first-order valence-electron chi connectivity index (χ1n) is 7.06. The fourth-order valence-corrected chi connectivity index (χ4v) is 2.98. The molecule has 0 aliphatic carbocycles. The third-order valence-corrected chi connectivity index (χ3v) is 4.85. The van der Waals surface area contributed by atoms with E-state index >= 15 is 0 Å². The zero-order valence-corrected chi connectivity index (χ0v) is 14.6. The topological polar surface area (TPSA) is 107 Å². The van der Waals surface area contributed by atoms with E-state index < -0.39 is 10.0 Å². The van der Waals surface area contributed by atoms with Gasteiger partial charge in [0.05, 0.1) is 13.7 Å². The van der Waals surface area contributed by atoms with Gasteiger partial charge in [0.25, 0.3) is 0 Å². The van der Waals surface area contributed by atoms with Gasteiger partial charge < -0.3 is 9.26 Å². The molecule has 0 bridgehead atoms. The molecule has 2 aromatic heterocycles. The minimum atomic E-state index is -3.76. The van der Waals surface area contributed by atoms with Gasteiger partial charge in [-0.2, -0.15) is 4.98 Å². The zero-order chi connectivity index (χ0) is 17.9. The molecule has 0 saturated heterocycles. The van der Waals surface area contributed by atoms with Crippen molar-refractivity contribution in [1.29, 1.82) is 0 Å². The van der Waals surface area contributed by atoms with Crippen molar-refractivity contribution in [3.8, 4) is 17.1 Å². The molecule has 25 heavy (non-hydrogen) atoms. The fourth-order valence-electron chi connectivity index (χ4n) is 1.95. The van der Waals surface area contributed by atoms with Crippen LogP contribution in [-0.4, -0.2) is 30.7 Å². The molecule has 0 radical (unpaired) electrons. The van der Waals surface area contributed by atoms with E-state index in [0.29, 0.717) is 11.6 Å². The first-order valence-corrected chi connectivity index (χ1v) is 8.92. The van der Waals surface area contributed by atoms with Crippen molar-refractivity contribution in [3.63, 3.8) is 0 Å². The normalized spacial score (nSPS) is 11.4. The first-order chi connectivity index (χ1) is 12.0. The van der Waals surface area contributed by atoms with Crippen LogP contribution in [0.3, 0.4) is 0 Å². The Hall–Kier alpha value is -2.49. The maximum absolute atomic E-state index is 12.2. The summed E-state index contributed by atoms with van der Waals surface area (Å²) in [7, 11) is -2.18. The minimum Gasteiger partial charge on any atom is -0.497 e. The molecule has 0 unspecified atom stereocenters. The maximum Gasteiger partial charge on any atom is 0.242 e. The fraction of sp³-hybridized carbons (Fsp3) is 0.133. The van der Waals surface area contributed by atoms with Crippen LogP contribution in [0.4, 0.5) is 0 Å². The largest absolute Gasteiger partial charge is 0.497 e. The molecule has 0 saturated carbocycles. The summed E-state index contributed by atoms with van der Waals surface area (Å²) in [6.45, 7) is -0.145. The molecule has 10 heteroatoms. The molecule has 3 aromatic rings. The second-order valence-electron chi connectivity index (χ2n) is 4.88. The van der Waals surface area contributed by atoms with Crippen molar-refractivity contribution >= 4 is 21.6 Å². The van der Waals surface area contributed by atoms with Crippen molar-refractivity contribution < 1.29 is 17.7 Å². The van der Waals surface area contributed by atoms with Crippen molar-refractivity contribution in [2.45, 2.75) is 11.4 Å². The Morgan fingerprint density at radius 3 is 2.60 bits per heavy atom. The molecule has 0 atom stereocenters. The van der Waals surface area contributed by atoms with E-state index in [-0.39, 0.29) is 22.5 Å². The number of hydrogen-bond acceptors (Lipinski definition) is 7. The number of halogens is 1. The Bertz CT molecular complexity index is 956. The minimum absolute atomic E-state index is 0.00760. The van der Waals surface area contributed by atoms with Gasteiger partial charge in [0.15, 0.2) is 0 Å². The van der Waals surface area contributed by atoms with Crippen molar-refractivity contribution in [2.75, 3.05) is 7.11 Å². The lowest BCUT2D eigenvalue weighted by Crippen LogP contribution is -2.23. The van der Waals surface area contributed by atoms with E-state index in [1.54, 1.807) is 31.4 Å². The van der Waals surface area contributed by atoms with Gasteiger partial charge in [0.1, 0.15) is 15.8 Å². The summed E-state index contributed by atoms with van der Waals surface area (Å²) >= 11 is 5.65. The number of hydrogen-bond donors (Lipinski definition) is 1. The smallest absolute Gasteiger partial charge is 0.242 e. The Balaban J connectivity index is 1.69. The summed E-state index contributed by atoms with van der Waals surface area (Å²) < 4.78 is 36.9. The van der Waals surface area contributed by atoms with Crippen LogP contribution in [0.1, 0.15) is 5.89 Å². The Morgan fingerprint density at radius 2 is 1.96 bits per heavy atom. The molecule has 1 aromatic carbocycles. The van der Waals surface area contributed by atoms with Crippen LogP contribution >= 0.6 is 11.6 Å². The Labute approximate surface area is 148 Å². The molecule has 0 aliphatic heterocycles. The van der Waals surface area contributed by atoms with Crippen molar-refractivity contribution in [2.24, 2.45) is 0 Å². The Kier molecular flexibility index (Phi) is 4.98. The number of nitrogens with zero attached hydrogens (tertiary/aromatic N) is 3. The number of aromatic nitrogens is 3. The van der Waals surface area contributed by atoms with E-state index in [4.69, 9.17) is 20.9 Å². The number of sulfonamides is 1. The van der Waals surface area contributed by atoms with Crippen LogP contribution in [0, 0.1) is 0 Å². The number of pyridine rings is 1. The highest BCUT2D eigenvalue weighted by molar-refractivity contribution is 7.89. The predicted molar refractivity (Wildman–Crippen MR) is 89.6 cm³/mol. The summed E-state index contributed by atoms with van der Waals surface area (Å²) in [5.74, 6) is 1.19. The van der Waals surface area contributed by atoms with Crippen molar-refractivity contribution in [3.05, 3.63) is 53.6 Å². The number of rotatable bonds is 6. The van der Waals surface area contributed by atoms with E-state index in [9.17, 15) is 8.42 Å². The summed E-state index contributed by atoms with van der Waals surface area (Å²) in [5, 5.41) is 4.04. The molecule has 0 fully saturated rings. The second kappa shape index (κ2) is 7.18. The average Bonchev–Trinajstić information content (AvgIpc) is 3.10. The molecule has 130 valence electrons. The molecule has 0 aliphatic rings. The van der Waals surface area contributed by atoms with Crippen LogP contribution < -0.4 is 9.46 Å². The molecular weight excluding hydrogens is 368 g/mol. The van der Waals surface area contributed by atoms with Gasteiger partial charge in [-0.25, -0.2) is 18.1 Å². The lowest BCUT2D eigenvalue weighted by molar-refractivity contribution is 0.376. The van der Waals surface area contributed by atoms with E-state index in [1.807, 2.05) is 0 Å². The van der Waals surface area contributed by atoms with E-state index in [0.717, 1.165) is 5.56 Å². The Morgan fingerprint density at radius 1 is 1.20 bits per heavy atom. The second-order valence-corrected chi connectivity index (χ2v) is 7.04. The molecule has 3 rings (SSSR count). The van der Waals surface area contributed by atoms with Gasteiger partial charge in [-0.15, -0.1) is 0 Å². The first kappa shape index (κ1) is 17.3. The molecule has 0 amide bonds. The highest BCUT2D eigenvalue weighted by Crippen LogP contribution is 2.20. The molecule has 2 heterocycles. The lowest BCUT2D eigenvalue weighted by Gasteiger charge is -2.03. The standard InChI is InChI=1S/C15H13ClN4O4S/c1-23-11-4-2-10(3-5-11)15-19-14(24-20-15)9-18-25(21,22)12-6-7-13(16)17-8-12/h2-8,18H,9H2,1H3. The molecule has 8 nitrogen and oxygen atoms in total. The molecule has 0 spiro atoms. The number of benzene rings is 1. The van der Waals surface area contributed by atoms with Crippen LogP contribution in [0.15, 0.2) is 52.0 Å². The zero-order valence-electron chi connectivity index (χ0n) is 13.0. The van der Waals surface area contributed by atoms with Gasteiger partial charge in [-0.1, -0.05) is 16.8 Å². The number of methoxy groups -OCH3 is 1. The molecular formula is C15H13ClN4O4S. The number of nitrogens with one attached hydrogen (secondary N) is 1. The van der Waals surface area contributed by atoms with Gasteiger partial charge in [0, 0.05) is 11.8 Å². The SMILES string of the molecule is COc1ccc(-c2noc(CNS(=O)(=O)c3ccc(Cl)nc3)n2)cc1. The van der Waals surface area contributed by atoms with Crippen LogP contribution in [0.5, 0.6) is 5.75 Å². The summed E-state index contributed by atoms with van der Waals surface area (Å²) in [5.41, 5.74) is 0.723. The third-order valence-electron chi connectivity index (χ3n) is 3.24. The maximum atomic E-state index is 12.2. The third kappa shape index (κ3) is 4.13. The summed E-state index contributed by atoms with van der Waals surface area (Å²) in [6.07, 6.45) is 1.17. The number of ether oxygens (including phenoxy) is 1. The highest BCUT2D eigenvalue weighted by atomic mass is 35.5. The van der Waals surface area contributed by atoms with Crippen LogP contribution in [0.25, 0.3) is 11.4 Å². The van der Waals surface area contributed by atoms with Gasteiger partial charge in [0.2, 0.25) is 21.7 Å². The lowest BCUT2D eigenvalue weighted by atomic mass is 10.2. The monoisotopic (exact) mass is 380 g/mol. The van der Waals surface area contributed by atoms with Gasteiger partial charge >= 0.3 is 0 Å². The van der Waals surface area contributed by atoms with Crippen LogP contribution in [0.2, 0.25) is 5.15 Å². The van der Waals surface area contributed by atoms with E-state index in [2.05, 4.69) is 19.8 Å². The highest BCUT2D eigenvalue weighted by Gasteiger charge is 2.16. The quantitative estimate of drug-likeness (QED) is 0.653. The predicted octanol–water partition coefficient (Wildman–Crippen LogP) is 2.27. The average molecular weight is 381 g/mol. The van der Waals surface area contributed by atoms with Crippen molar-refractivity contribution in [1.82, 2.24) is 19.8 Å². The summed E-state index contributed by atoms with van der Waals surface area (Å²) in [6, 6.07) is 9.83.